The van der Waals surface area contributed by atoms with E-state index in [0.717, 1.165) is 0 Å². The van der Waals surface area contributed by atoms with Crippen LogP contribution in [-0.2, 0) is 9.53 Å². The van der Waals surface area contributed by atoms with Crippen molar-refractivity contribution in [3.63, 3.8) is 0 Å². The molecule has 5 heteroatoms. The summed E-state index contributed by atoms with van der Waals surface area (Å²) < 4.78 is 4.98. The topological polar surface area (TPSA) is 53.0 Å². The summed E-state index contributed by atoms with van der Waals surface area (Å²) in [6.45, 7) is 10.2. The first-order valence-corrected chi connectivity index (χ1v) is 6.01. The van der Waals surface area contributed by atoms with Crippen LogP contribution in [0.3, 0.4) is 0 Å². The lowest BCUT2D eigenvalue weighted by Crippen LogP contribution is -2.42. The largest absolute Gasteiger partial charge is 0.395 e. The van der Waals surface area contributed by atoms with Gasteiger partial charge in [0.1, 0.15) is 0 Å². The highest BCUT2D eigenvalue weighted by Crippen LogP contribution is 1.96. The molecule has 0 heterocycles. The van der Waals surface area contributed by atoms with E-state index in [4.69, 9.17) is 9.84 Å². The lowest BCUT2D eigenvalue weighted by atomic mass is 10.3. The van der Waals surface area contributed by atoms with Crippen molar-refractivity contribution in [3.05, 3.63) is 25.3 Å². The van der Waals surface area contributed by atoms with Crippen molar-refractivity contribution < 1.29 is 14.6 Å². The summed E-state index contributed by atoms with van der Waals surface area (Å²) in [5.74, 6) is -0.000599. The molecule has 0 spiro atoms. The molecule has 1 amide bonds. The average molecular weight is 256 g/mol. The molecule has 0 aromatic carbocycles. The minimum atomic E-state index is -0.000599. The number of amides is 1. The van der Waals surface area contributed by atoms with Gasteiger partial charge in [-0.1, -0.05) is 12.2 Å². The Morgan fingerprint density at radius 2 is 1.89 bits per heavy atom. The molecule has 0 fully saturated rings. The van der Waals surface area contributed by atoms with Gasteiger partial charge in [0.05, 0.1) is 19.8 Å². The first kappa shape index (κ1) is 16.8. The SMILES string of the molecule is C=CCN(CC=C)C(=O)CN(CCO)CCOC. The second-order valence-electron chi connectivity index (χ2n) is 3.87. The standard InChI is InChI=1S/C13H24N2O3/c1-4-6-15(7-5-2)13(17)12-14(8-10-16)9-11-18-3/h4-5,16H,1-2,6-12H2,3H3. The van der Waals surface area contributed by atoms with Crippen LogP contribution in [0.4, 0.5) is 0 Å². The van der Waals surface area contributed by atoms with Gasteiger partial charge in [-0.15, -0.1) is 13.2 Å². The van der Waals surface area contributed by atoms with Crippen molar-refractivity contribution in [3.8, 4) is 0 Å². The van der Waals surface area contributed by atoms with Gasteiger partial charge in [0.15, 0.2) is 0 Å². The highest BCUT2D eigenvalue weighted by molar-refractivity contribution is 5.78. The van der Waals surface area contributed by atoms with Gasteiger partial charge in [0.25, 0.3) is 0 Å². The molecule has 0 rings (SSSR count). The van der Waals surface area contributed by atoms with Crippen LogP contribution in [-0.4, -0.2) is 73.9 Å². The van der Waals surface area contributed by atoms with Crippen LogP contribution in [0, 0.1) is 0 Å². The van der Waals surface area contributed by atoms with E-state index >= 15 is 0 Å². The Morgan fingerprint density at radius 3 is 2.33 bits per heavy atom. The number of ether oxygens (including phenoxy) is 1. The maximum atomic E-state index is 12.0. The molecule has 0 bridgehead atoms. The molecule has 0 radical (unpaired) electrons. The molecule has 104 valence electrons. The van der Waals surface area contributed by atoms with Crippen molar-refractivity contribution in [1.29, 1.82) is 0 Å². The number of carbonyl (C=O) groups excluding carboxylic acids is 1. The third-order valence-electron chi connectivity index (χ3n) is 2.44. The molecular formula is C13H24N2O3. The monoisotopic (exact) mass is 256 g/mol. The van der Waals surface area contributed by atoms with Crippen molar-refractivity contribution in [1.82, 2.24) is 9.80 Å². The van der Waals surface area contributed by atoms with Crippen LogP contribution in [0.5, 0.6) is 0 Å². The summed E-state index contributed by atoms with van der Waals surface area (Å²) >= 11 is 0. The molecule has 0 aliphatic rings. The zero-order valence-electron chi connectivity index (χ0n) is 11.2. The third kappa shape index (κ3) is 7.21. The molecule has 0 saturated heterocycles. The van der Waals surface area contributed by atoms with Crippen LogP contribution in [0.15, 0.2) is 25.3 Å². The normalized spacial score (nSPS) is 10.4. The van der Waals surface area contributed by atoms with Gasteiger partial charge in [-0.3, -0.25) is 9.69 Å². The van der Waals surface area contributed by atoms with E-state index in [1.165, 1.54) is 0 Å². The maximum absolute atomic E-state index is 12.0. The Morgan fingerprint density at radius 1 is 1.28 bits per heavy atom. The Balaban J connectivity index is 4.33. The van der Waals surface area contributed by atoms with Gasteiger partial charge >= 0.3 is 0 Å². The van der Waals surface area contributed by atoms with E-state index in [9.17, 15) is 4.79 Å². The van der Waals surface area contributed by atoms with Crippen molar-refractivity contribution in [2.75, 3.05) is 53.0 Å². The molecule has 18 heavy (non-hydrogen) atoms. The van der Waals surface area contributed by atoms with Gasteiger partial charge in [-0.2, -0.15) is 0 Å². The number of hydrogen-bond donors (Lipinski definition) is 1. The minimum absolute atomic E-state index is 0.000599. The second-order valence-corrected chi connectivity index (χ2v) is 3.87. The van der Waals surface area contributed by atoms with Crippen molar-refractivity contribution >= 4 is 5.91 Å². The number of hydrogen-bond acceptors (Lipinski definition) is 4. The fourth-order valence-corrected chi connectivity index (χ4v) is 1.51. The quantitative estimate of drug-likeness (QED) is 0.534. The van der Waals surface area contributed by atoms with Gasteiger partial charge < -0.3 is 14.7 Å². The van der Waals surface area contributed by atoms with Gasteiger partial charge in [-0.25, -0.2) is 0 Å². The highest BCUT2D eigenvalue weighted by Gasteiger charge is 2.15. The Bertz CT molecular complexity index is 247. The number of aliphatic hydroxyl groups is 1. The second kappa shape index (κ2) is 11.0. The van der Waals surface area contributed by atoms with Crippen LogP contribution in [0.2, 0.25) is 0 Å². The molecule has 0 atom stereocenters. The van der Waals surface area contributed by atoms with Gasteiger partial charge in [0, 0.05) is 33.3 Å². The number of rotatable bonds is 11. The van der Waals surface area contributed by atoms with Crippen LogP contribution in [0.25, 0.3) is 0 Å². The number of nitrogens with zero attached hydrogens (tertiary/aromatic N) is 2. The molecule has 1 N–H and O–H groups in total. The lowest BCUT2D eigenvalue weighted by molar-refractivity contribution is -0.131. The predicted molar refractivity (Wildman–Crippen MR) is 72.4 cm³/mol. The first-order chi connectivity index (χ1) is 8.69. The highest BCUT2D eigenvalue weighted by atomic mass is 16.5. The van der Waals surface area contributed by atoms with E-state index in [-0.39, 0.29) is 19.1 Å². The molecule has 0 saturated carbocycles. The van der Waals surface area contributed by atoms with Crippen LogP contribution < -0.4 is 0 Å². The summed E-state index contributed by atoms with van der Waals surface area (Å²) in [4.78, 5) is 15.6. The van der Waals surface area contributed by atoms with Gasteiger partial charge in [0.2, 0.25) is 5.91 Å². The molecule has 0 aliphatic heterocycles. The molecule has 0 aromatic rings. The maximum Gasteiger partial charge on any atom is 0.237 e. The van der Waals surface area contributed by atoms with E-state index in [1.807, 2.05) is 4.90 Å². The zero-order valence-corrected chi connectivity index (χ0v) is 11.2. The molecule has 0 aliphatic carbocycles. The predicted octanol–water partition coefficient (Wildman–Crippen LogP) is 0.128. The van der Waals surface area contributed by atoms with E-state index in [0.29, 0.717) is 32.8 Å². The lowest BCUT2D eigenvalue weighted by Gasteiger charge is -2.25. The van der Waals surface area contributed by atoms with E-state index in [1.54, 1.807) is 24.2 Å². The third-order valence-corrected chi connectivity index (χ3v) is 2.44. The van der Waals surface area contributed by atoms with Crippen molar-refractivity contribution in [2.24, 2.45) is 0 Å². The summed E-state index contributed by atoms with van der Waals surface area (Å²) in [7, 11) is 1.61. The van der Waals surface area contributed by atoms with Crippen LogP contribution >= 0.6 is 0 Å². The Kier molecular flexibility index (Phi) is 10.2. The first-order valence-electron chi connectivity index (χ1n) is 6.01. The van der Waals surface area contributed by atoms with Gasteiger partial charge in [-0.05, 0) is 0 Å². The van der Waals surface area contributed by atoms with Crippen LogP contribution in [0.1, 0.15) is 0 Å². The summed E-state index contributed by atoms with van der Waals surface area (Å²) in [5.41, 5.74) is 0. The van der Waals surface area contributed by atoms with E-state index in [2.05, 4.69) is 13.2 Å². The minimum Gasteiger partial charge on any atom is -0.395 e. The molecular weight excluding hydrogens is 232 g/mol. The zero-order chi connectivity index (χ0) is 13.8. The van der Waals surface area contributed by atoms with E-state index < -0.39 is 0 Å². The number of methoxy groups -OCH3 is 1. The molecule has 5 nitrogen and oxygen atoms in total. The fraction of sp³-hybridized carbons (Fsp3) is 0.615. The average Bonchev–Trinajstić information content (AvgIpc) is 2.36. The summed E-state index contributed by atoms with van der Waals surface area (Å²) in [6, 6.07) is 0. The Labute approximate surface area is 109 Å². The fourth-order valence-electron chi connectivity index (χ4n) is 1.51. The summed E-state index contributed by atoms with van der Waals surface area (Å²) in [5, 5.41) is 8.95. The van der Waals surface area contributed by atoms with Crippen molar-refractivity contribution in [2.45, 2.75) is 0 Å². The number of carbonyl (C=O) groups is 1. The smallest absolute Gasteiger partial charge is 0.237 e. The molecule has 0 aromatic heterocycles. The number of aliphatic hydroxyl groups excluding tert-OH is 1. The Hall–Kier alpha value is -1.17. The summed E-state index contributed by atoms with van der Waals surface area (Å²) in [6.07, 6.45) is 3.37. The molecule has 0 unspecified atom stereocenters.